The molecular formula is C10H11ClO4S. The molecule has 1 atom stereocenters. The molecule has 0 aliphatic heterocycles. The van der Waals surface area contributed by atoms with E-state index in [1.165, 1.54) is 19.1 Å². The molecule has 4 nitrogen and oxygen atoms in total. The summed E-state index contributed by atoms with van der Waals surface area (Å²) in [7, 11) is 1.02. The monoisotopic (exact) mass is 262 g/mol. The van der Waals surface area contributed by atoms with E-state index in [1.54, 1.807) is 18.2 Å². The lowest BCUT2D eigenvalue weighted by Crippen LogP contribution is -2.40. The Labute approximate surface area is 98.3 Å². The zero-order valence-electron chi connectivity index (χ0n) is 8.55. The van der Waals surface area contributed by atoms with Gasteiger partial charge in [0.2, 0.25) is 4.75 Å². The predicted molar refractivity (Wildman–Crippen MR) is 60.8 cm³/mol. The van der Waals surface area contributed by atoms with Crippen LogP contribution in [0.4, 0.5) is 0 Å². The van der Waals surface area contributed by atoms with Crippen molar-refractivity contribution >= 4 is 25.7 Å². The highest BCUT2D eigenvalue weighted by atomic mass is 35.7. The van der Waals surface area contributed by atoms with Gasteiger partial charge >= 0.3 is 5.97 Å². The fourth-order valence-corrected chi connectivity index (χ4v) is 3.37. The summed E-state index contributed by atoms with van der Waals surface area (Å²) in [5, 5.41) is 9.15. The molecule has 0 radical (unpaired) electrons. The van der Waals surface area contributed by atoms with Gasteiger partial charge in [0.15, 0.2) is 0 Å². The third-order valence-electron chi connectivity index (χ3n) is 2.50. The molecule has 1 N–H and O–H groups in total. The van der Waals surface area contributed by atoms with Gasteiger partial charge in [-0.05, 0) is 12.0 Å². The van der Waals surface area contributed by atoms with Crippen molar-refractivity contribution in [3.05, 3.63) is 35.9 Å². The Morgan fingerprint density at radius 3 is 2.19 bits per heavy atom. The molecule has 0 aromatic heterocycles. The Bertz CT molecular complexity index is 483. The first-order chi connectivity index (χ1) is 7.36. The van der Waals surface area contributed by atoms with E-state index < -0.39 is 19.8 Å². The van der Waals surface area contributed by atoms with Crippen LogP contribution in [0.3, 0.4) is 0 Å². The first-order valence-electron chi connectivity index (χ1n) is 4.59. The predicted octanol–water partition coefficient (Wildman–Crippen LogP) is 1.95. The van der Waals surface area contributed by atoms with E-state index in [0.717, 1.165) is 0 Å². The number of aliphatic carboxylic acids is 1. The third kappa shape index (κ3) is 1.92. The van der Waals surface area contributed by atoms with Crippen molar-refractivity contribution < 1.29 is 18.3 Å². The first-order valence-corrected chi connectivity index (χ1v) is 6.90. The van der Waals surface area contributed by atoms with Crippen LogP contribution in [0, 0.1) is 0 Å². The molecule has 1 unspecified atom stereocenters. The fourth-order valence-electron chi connectivity index (χ4n) is 1.60. The van der Waals surface area contributed by atoms with Crippen LogP contribution in [-0.2, 0) is 18.6 Å². The van der Waals surface area contributed by atoms with E-state index in [2.05, 4.69) is 0 Å². The minimum absolute atomic E-state index is 0.127. The maximum atomic E-state index is 11.5. The maximum Gasteiger partial charge on any atom is 0.330 e. The maximum absolute atomic E-state index is 11.5. The molecule has 1 aromatic rings. The van der Waals surface area contributed by atoms with Gasteiger partial charge in [-0.2, -0.15) is 0 Å². The zero-order valence-corrected chi connectivity index (χ0v) is 10.1. The molecule has 6 heteroatoms. The Kier molecular flexibility index (Phi) is 3.60. The largest absolute Gasteiger partial charge is 0.480 e. The van der Waals surface area contributed by atoms with Gasteiger partial charge in [-0.15, -0.1) is 0 Å². The summed E-state index contributed by atoms with van der Waals surface area (Å²) in [6.45, 7) is 1.47. The second kappa shape index (κ2) is 4.43. The summed E-state index contributed by atoms with van der Waals surface area (Å²) in [5.41, 5.74) is 0.167. The lowest BCUT2D eigenvalue weighted by atomic mass is 9.95. The minimum Gasteiger partial charge on any atom is -0.480 e. The highest BCUT2D eigenvalue weighted by Crippen LogP contribution is 2.36. The van der Waals surface area contributed by atoms with E-state index in [0.29, 0.717) is 0 Å². The molecule has 88 valence electrons. The summed E-state index contributed by atoms with van der Waals surface area (Å²) < 4.78 is 20.9. The standard InChI is InChI=1S/C10H11ClO4S/c1-2-10(9(12)13,16(11,14)15)8-6-4-3-5-7-8/h3-7H,2H2,1H3,(H,12,13). The van der Waals surface area contributed by atoms with Gasteiger partial charge in [0.05, 0.1) is 0 Å². The van der Waals surface area contributed by atoms with E-state index in [-0.39, 0.29) is 12.0 Å². The SMILES string of the molecule is CCC(C(=O)O)(c1ccccc1)S(=O)(=O)Cl. The molecule has 0 fully saturated rings. The highest BCUT2D eigenvalue weighted by molar-refractivity contribution is 8.15. The number of rotatable bonds is 4. The number of carboxylic acids is 1. The zero-order chi connectivity index (χ0) is 12.4. The van der Waals surface area contributed by atoms with Gasteiger partial charge < -0.3 is 5.11 Å². The van der Waals surface area contributed by atoms with E-state index in [9.17, 15) is 13.2 Å². The van der Waals surface area contributed by atoms with Crippen LogP contribution in [0.5, 0.6) is 0 Å². The number of hydrogen-bond acceptors (Lipinski definition) is 3. The molecule has 0 aliphatic carbocycles. The molecular weight excluding hydrogens is 252 g/mol. The molecule has 0 spiro atoms. The average Bonchev–Trinajstić information content (AvgIpc) is 2.18. The molecule has 0 heterocycles. The lowest BCUT2D eigenvalue weighted by molar-refractivity contribution is -0.140. The topological polar surface area (TPSA) is 71.4 Å². The van der Waals surface area contributed by atoms with Gasteiger partial charge in [-0.1, -0.05) is 37.3 Å². The van der Waals surface area contributed by atoms with Gasteiger partial charge in [-0.3, -0.25) is 4.79 Å². The van der Waals surface area contributed by atoms with Crippen molar-refractivity contribution in [2.75, 3.05) is 0 Å². The number of carboxylic acid groups (broad SMARTS) is 1. The van der Waals surface area contributed by atoms with Crippen LogP contribution in [-0.4, -0.2) is 19.5 Å². The first kappa shape index (κ1) is 13.0. The summed E-state index contributed by atoms with van der Waals surface area (Å²) in [5.74, 6) is -1.46. The second-order valence-electron chi connectivity index (χ2n) is 3.29. The van der Waals surface area contributed by atoms with E-state index in [1.807, 2.05) is 0 Å². The van der Waals surface area contributed by atoms with Gasteiger partial charge in [-0.25, -0.2) is 8.42 Å². The Hall–Kier alpha value is -1.07. The molecule has 0 saturated heterocycles. The van der Waals surface area contributed by atoms with Crippen LogP contribution in [0.25, 0.3) is 0 Å². The molecule has 1 aromatic carbocycles. The molecule has 0 aliphatic rings. The van der Waals surface area contributed by atoms with Crippen LogP contribution in [0.1, 0.15) is 18.9 Å². The van der Waals surface area contributed by atoms with E-state index >= 15 is 0 Å². The number of hydrogen-bond donors (Lipinski definition) is 1. The number of halogens is 1. The summed E-state index contributed by atoms with van der Waals surface area (Å²) in [6.07, 6.45) is -0.127. The molecule has 1 rings (SSSR count). The van der Waals surface area contributed by atoms with Gasteiger partial charge in [0.25, 0.3) is 9.05 Å². The minimum atomic E-state index is -4.26. The van der Waals surface area contributed by atoms with Crippen molar-refractivity contribution in [2.24, 2.45) is 0 Å². The summed E-state index contributed by atoms with van der Waals surface area (Å²) >= 11 is 0. The molecule has 0 bridgehead atoms. The quantitative estimate of drug-likeness (QED) is 0.842. The lowest BCUT2D eigenvalue weighted by Gasteiger charge is -2.24. The van der Waals surface area contributed by atoms with Crippen molar-refractivity contribution in [1.82, 2.24) is 0 Å². The molecule has 0 saturated carbocycles. The fraction of sp³-hybridized carbons (Fsp3) is 0.300. The van der Waals surface area contributed by atoms with Crippen molar-refractivity contribution in [2.45, 2.75) is 18.1 Å². The van der Waals surface area contributed by atoms with Crippen LogP contribution < -0.4 is 0 Å². The van der Waals surface area contributed by atoms with Crippen molar-refractivity contribution in [3.63, 3.8) is 0 Å². The van der Waals surface area contributed by atoms with Crippen molar-refractivity contribution in [1.29, 1.82) is 0 Å². The van der Waals surface area contributed by atoms with Gasteiger partial charge in [0.1, 0.15) is 0 Å². The molecule has 16 heavy (non-hydrogen) atoms. The summed E-state index contributed by atoms with van der Waals surface area (Å²) in [6, 6.07) is 7.71. The highest BCUT2D eigenvalue weighted by Gasteiger charge is 2.50. The Balaban J connectivity index is 3.55. The summed E-state index contributed by atoms with van der Waals surface area (Å²) in [4.78, 5) is 11.2. The average molecular weight is 263 g/mol. The van der Waals surface area contributed by atoms with Crippen LogP contribution >= 0.6 is 10.7 Å². The Morgan fingerprint density at radius 1 is 1.38 bits per heavy atom. The molecule has 0 amide bonds. The van der Waals surface area contributed by atoms with Crippen LogP contribution in [0.15, 0.2) is 30.3 Å². The Morgan fingerprint density at radius 2 is 1.88 bits per heavy atom. The van der Waals surface area contributed by atoms with Crippen molar-refractivity contribution in [3.8, 4) is 0 Å². The number of benzene rings is 1. The number of carbonyl (C=O) groups is 1. The smallest absolute Gasteiger partial charge is 0.330 e. The van der Waals surface area contributed by atoms with E-state index in [4.69, 9.17) is 15.8 Å². The second-order valence-corrected chi connectivity index (χ2v) is 6.08. The van der Waals surface area contributed by atoms with Gasteiger partial charge in [0, 0.05) is 10.7 Å². The normalized spacial score (nSPS) is 15.4. The van der Waals surface area contributed by atoms with Crippen LogP contribution in [0.2, 0.25) is 0 Å². The third-order valence-corrected chi connectivity index (χ3v) is 4.82.